The molecule has 8 nitrogen and oxygen atoms in total. The lowest BCUT2D eigenvalue weighted by Crippen LogP contribution is -2.65. The molecule has 0 aromatic heterocycles. The standard InChI is InChI=1S/C26H32ClFN2O6S/c1-13(27)18(24-21(32)20(31)22(33)26(36-24)37-2)30-25(34)19-23-16(12-29-19)10-15(8-9-35-23)7-6-14-4-3-5-17(28)11-14/h3-5,10-11,13,16,18-24,26,29,31-33H,8-9,12H2,1-2H3,(H,30,34). The number of thioether (sulfide) groups is 1. The predicted molar refractivity (Wildman–Crippen MR) is 138 cm³/mol. The van der Waals surface area contributed by atoms with E-state index >= 15 is 0 Å². The van der Waals surface area contributed by atoms with Crippen molar-refractivity contribution in [1.29, 1.82) is 0 Å². The van der Waals surface area contributed by atoms with Crippen LogP contribution in [0.3, 0.4) is 0 Å². The van der Waals surface area contributed by atoms with Gasteiger partial charge in [-0.05, 0) is 31.4 Å². The Labute approximate surface area is 224 Å². The number of halogens is 2. The van der Waals surface area contributed by atoms with Crippen molar-refractivity contribution in [3.05, 3.63) is 47.3 Å². The lowest BCUT2D eigenvalue weighted by atomic mass is 9.92. The Morgan fingerprint density at radius 3 is 2.76 bits per heavy atom. The zero-order valence-corrected chi connectivity index (χ0v) is 22.1. The SMILES string of the molecule is CSC1OC(C(NC(=O)C2NCC3C=C(C#Cc4cccc(F)c4)CCOC32)C(C)Cl)C(O)C(O)C1O. The number of aliphatic hydroxyl groups excluding tert-OH is 3. The Kier molecular flexibility index (Phi) is 9.53. The highest BCUT2D eigenvalue weighted by molar-refractivity contribution is 7.99. The zero-order chi connectivity index (χ0) is 26.7. The van der Waals surface area contributed by atoms with Crippen molar-refractivity contribution >= 4 is 29.3 Å². The molecule has 10 unspecified atom stereocenters. The highest BCUT2D eigenvalue weighted by Gasteiger charge is 2.49. The molecular weight excluding hydrogens is 523 g/mol. The molecule has 4 rings (SSSR count). The van der Waals surface area contributed by atoms with E-state index in [1.165, 1.54) is 23.9 Å². The minimum Gasteiger partial charge on any atom is -0.388 e. The van der Waals surface area contributed by atoms with Crippen molar-refractivity contribution in [2.24, 2.45) is 5.92 Å². The van der Waals surface area contributed by atoms with Crippen LogP contribution in [0.1, 0.15) is 18.9 Å². The van der Waals surface area contributed by atoms with Gasteiger partial charge in [0.1, 0.15) is 41.7 Å². The van der Waals surface area contributed by atoms with E-state index in [-0.39, 0.29) is 17.6 Å². The molecule has 11 heteroatoms. The Morgan fingerprint density at radius 1 is 1.27 bits per heavy atom. The molecule has 37 heavy (non-hydrogen) atoms. The molecule has 3 aliphatic rings. The fraction of sp³-hybridized carbons (Fsp3) is 0.577. The van der Waals surface area contributed by atoms with Crippen LogP contribution in [0.2, 0.25) is 0 Å². The van der Waals surface area contributed by atoms with Gasteiger partial charge in [-0.3, -0.25) is 4.79 Å². The molecule has 2 fully saturated rings. The molecular formula is C26H32ClFN2O6S. The minimum absolute atomic E-state index is 0.101. The lowest BCUT2D eigenvalue weighted by molar-refractivity contribution is -0.205. The van der Waals surface area contributed by atoms with Crippen LogP contribution in [0.5, 0.6) is 0 Å². The second-order valence-electron chi connectivity index (χ2n) is 9.48. The topological polar surface area (TPSA) is 120 Å². The predicted octanol–water partition coefficient (Wildman–Crippen LogP) is 0.763. The fourth-order valence-corrected chi connectivity index (χ4v) is 5.79. The van der Waals surface area contributed by atoms with Crippen LogP contribution in [0, 0.1) is 23.6 Å². The summed E-state index contributed by atoms with van der Waals surface area (Å²) in [6.45, 7) is 2.53. The average Bonchev–Trinajstić information content (AvgIpc) is 3.15. The van der Waals surface area contributed by atoms with Crippen molar-refractivity contribution in [3.63, 3.8) is 0 Å². The number of amides is 1. The van der Waals surface area contributed by atoms with E-state index in [2.05, 4.69) is 22.5 Å². The molecule has 3 heterocycles. The van der Waals surface area contributed by atoms with Gasteiger partial charge in [-0.25, -0.2) is 4.39 Å². The number of ether oxygens (including phenoxy) is 2. The van der Waals surface area contributed by atoms with Gasteiger partial charge in [0.25, 0.3) is 0 Å². The first kappa shape index (κ1) is 28.3. The Balaban J connectivity index is 1.45. The number of hydrogen-bond acceptors (Lipinski definition) is 8. The first-order valence-electron chi connectivity index (χ1n) is 12.2. The summed E-state index contributed by atoms with van der Waals surface area (Å²) in [6, 6.07) is 4.59. The van der Waals surface area contributed by atoms with Crippen LogP contribution in [0.15, 0.2) is 35.9 Å². The molecule has 1 aromatic carbocycles. The summed E-state index contributed by atoms with van der Waals surface area (Å²) in [5.74, 6) is 5.27. The summed E-state index contributed by atoms with van der Waals surface area (Å²) in [4.78, 5) is 13.3. The molecule has 1 aromatic rings. The van der Waals surface area contributed by atoms with Gasteiger partial charge in [-0.2, -0.15) is 0 Å². The zero-order valence-electron chi connectivity index (χ0n) is 20.5. The Morgan fingerprint density at radius 2 is 2.05 bits per heavy atom. The maximum Gasteiger partial charge on any atom is 0.240 e. The molecule has 0 saturated carbocycles. The number of benzene rings is 1. The van der Waals surface area contributed by atoms with E-state index in [4.69, 9.17) is 21.1 Å². The van der Waals surface area contributed by atoms with Crippen molar-refractivity contribution < 1.29 is 34.0 Å². The average molecular weight is 555 g/mol. The number of hydrogen-bond donors (Lipinski definition) is 5. The van der Waals surface area contributed by atoms with Crippen LogP contribution >= 0.6 is 23.4 Å². The molecule has 1 amide bonds. The minimum atomic E-state index is -1.44. The molecule has 0 aliphatic carbocycles. The van der Waals surface area contributed by atoms with Gasteiger partial charge in [0.05, 0.1) is 24.1 Å². The van der Waals surface area contributed by atoms with Crippen LogP contribution < -0.4 is 10.6 Å². The maximum atomic E-state index is 13.4. The third kappa shape index (κ3) is 6.49. The first-order valence-corrected chi connectivity index (χ1v) is 13.9. The van der Waals surface area contributed by atoms with Crippen molar-refractivity contribution in [2.75, 3.05) is 19.4 Å². The van der Waals surface area contributed by atoms with Crippen LogP contribution in [-0.4, -0.2) is 94.1 Å². The van der Waals surface area contributed by atoms with Crippen molar-refractivity contribution in [2.45, 2.75) is 66.8 Å². The quantitative estimate of drug-likeness (QED) is 0.267. The molecule has 202 valence electrons. The van der Waals surface area contributed by atoms with Gasteiger partial charge >= 0.3 is 0 Å². The third-order valence-electron chi connectivity index (χ3n) is 6.89. The number of alkyl halides is 1. The molecule has 2 saturated heterocycles. The molecule has 0 bridgehead atoms. The molecule has 0 spiro atoms. The summed E-state index contributed by atoms with van der Waals surface area (Å²) < 4.78 is 25.3. The van der Waals surface area contributed by atoms with Gasteiger partial charge in [0.2, 0.25) is 5.91 Å². The second-order valence-corrected chi connectivity index (χ2v) is 11.1. The summed E-state index contributed by atoms with van der Waals surface area (Å²) in [6.07, 6.45) is -1.34. The van der Waals surface area contributed by atoms with E-state index in [0.29, 0.717) is 25.1 Å². The summed E-state index contributed by atoms with van der Waals surface area (Å²) in [5, 5.41) is 36.5. The van der Waals surface area contributed by atoms with Crippen molar-refractivity contribution in [3.8, 4) is 11.8 Å². The van der Waals surface area contributed by atoms with Gasteiger partial charge in [-0.15, -0.1) is 23.4 Å². The number of nitrogens with one attached hydrogen (secondary N) is 2. The third-order valence-corrected chi connectivity index (χ3v) is 8.02. The number of carbonyl (C=O) groups is 1. The van der Waals surface area contributed by atoms with E-state index in [0.717, 1.165) is 5.57 Å². The Hall–Kier alpha value is -1.68. The first-order chi connectivity index (χ1) is 17.7. The monoisotopic (exact) mass is 554 g/mol. The van der Waals surface area contributed by atoms with Gasteiger partial charge in [0.15, 0.2) is 0 Å². The normalized spacial score (nSPS) is 35.3. The lowest BCUT2D eigenvalue weighted by Gasteiger charge is -2.44. The van der Waals surface area contributed by atoms with E-state index in [1.54, 1.807) is 25.3 Å². The molecule has 0 radical (unpaired) electrons. The molecule has 3 aliphatic heterocycles. The second kappa shape index (κ2) is 12.5. The maximum absolute atomic E-state index is 13.4. The van der Waals surface area contributed by atoms with Crippen LogP contribution in [0.4, 0.5) is 4.39 Å². The van der Waals surface area contributed by atoms with Crippen LogP contribution in [0.25, 0.3) is 0 Å². The van der Waals surface area contributed by atoms with Crippen molar-refractivity contribution in [1.82, 2.24) is 10.6 Å². The van der Waals surface area contributed by atoms with Gasteiger partial charge in [0, 0.05) is 30.0 Å². The van der Waals surface area contributed by atoms with Gasteiger partial charge < -0.3 is 35.4 Å². The Bertz CT molecular complexity index is 1060. The summed E-state index contributed by atoms with van der Waals surface area (Å²) >= 11 is 7.58. The van der Waals surface area contributed by atoms with E-state index < -0.39 is 53.4 Å². The number of carbonyl (C=O) groups excluding carboxylic acids is 1. The smallest absolute Gasteiger partial charge is 0.240 e. The summed E-state index contributed by atoms with van der Waals surface area (Å²) in [5.41, 5.74) is 0.662. The summed E-state index contributed by atoms with van der Waals surface area (Å²) in [7, 11) is 0. The fourth-order valence-electron chi connectivity index (χ4n) is 4.91. The number of rotatable bonds is 5. The van der Waals surface area contributed by atoms with Crippen LogP contribution in [-0.2, 0) is 14.3 Å². The number of aliphatic hydroxyl groups is 3. The molecule has 5 N–H and O–H groups in total. The highest BCUT2D eigenvalue weighted by atomic mass is 35.5. The molecule has 10 atom stereocenters. The van der Waals surface area contributed by atoms with Gasteiger partial charge in [-0.1, -0.05) is 24.0 Å². The largest absolute Gasteiger partial charge is 0.388 e. The number of fused-ring (bicyclic) bond motifs is 1. The highest BCUT2D eigenvalue weighted by Crippen LogP contribution is 2.31. The van der Waals surface area contributed by atoms with E-state index in [1.807, 2.05) is 6.08 Å². The van der Waals surface area contributed by atoms with E-state index in [9.17, 15) is 24.5 Å².